The van der Waals surface area contributed by atoms with Gasteiger partial charge >= 0.3 is 6.18 Å². The van der Waals surface area contributed by atoms with Crippen LogP contribution in [-0.4, -0.2) is 49.9 Å². The van der Waals surface area contributed by atoms with Crippen molar-refractivity contribution in [2.75, 3.05) is 38.1 Å². The lowest BCUT2D eigenvalue weighted by atomic mass is 9.78. The first-order chi connectivity index (χ1) is 16.2. The number of nitrogens with one attached hydrogen (secondary N) is 1. The fourth-order valence-electron chi connectivity index (χ4n) is 5.15. The normalized spacial score (nSPS) is 21.4. The number of benzene rings is 1. The topological polar surface area (TPSA) is 76.4 Å². The summed E-state index contributed by atoms with van der Waals surface area (Å²) in [4.78, 5) is 29.1. The molecule has 0 radical (unpaired) electrons. The molecule has 4 rings (SSSR count). The molecule has 1 aromatic carbocycles. The van der Waals surface area contributed by atoms with E-state index in [2.05, 4.69) is 5.32 Å². The van der Waals surface area contributed by atoms with Crippen molar-refractivity contribution in [3.8, 4) is 6.07 Å². The summed E-state index contributed by atoms with van der Waals surface area (Å²) in [5.74, 6) is -0.297. The van der Waals surface area contributed by atoms with E-state index in [1.54, 1.807) is 35.5 Å². The standard InChI is InChI=1S/C24H25F3N4O2S/c1-29-22(32)20-13-31(23(33)17-6-9-34-14-17)12-19(20)15-4-7-30(8-5-15)18-3-2-16(11-28)21(10-18)24(25,26)27/h2-3,6,9-10,14-15,19-20H,4-5,7-8,12-13H2,1H3,(H,29,32)/t19-,20+/m0/s1. The van der Waals surface area contributed by atoms with Crippen LogP contribution in [0.2, 0.25) is 0 Å². The van der Waals surface area contributed by atoms with Gasteiger partial charge in [0, 0.05) is 44.3 Å². The van der Waals surface area contributed by atoms with Crippen molar-refractivity contribution < 1.29 is 22.8 Å². The van der Waals surface area contributed by atoms with Crippen molar-refractivity contribution in [3.05, 3.63) is 51.7 Å². The molecule has 0 aliphatic carbocycles. The number of hydrogen-bond donors (Lipinski definition) is 1. The second-order valence-corrected chi connectivity index (χ2v) is 9.55. The van der Waals surface area contributed by atoms with E-state index in [4.69, 9.17) is 5.26 Å². The third-order valence-electron chi connectivity index (χ3n) is 6.94. The van der Waals surface area contributed by atoms with Crippen LogP contribution in [0, 0.1) is 29.1 Å². The van der Waals surface area contributed by atoms with Crippen LogP contribution in [-0.2, 0) is 11.0 Å². The van der Waals surface area contributed by atoms with Gasteiger partial charge in [0.2, 0.25) is 5.91 Å². The number of hydrogen-bond acceptors (Lipinski definition) is 5. The Balaban J connectivity index is 1.47. The fraction of sp³-hybridized carbons (Fsp3) is 0.458. The second-order valence-electron chi connectivity index (χ2n) is 8.77. The van der Waals surface area contributed by atoms with Gasteiger partial charge in [0.25, 0.3) is 5.91 Å². The van der Waals surface area contributed by atoms with Crippen LogP contribution in [0.25, 0.3) is 0 Å². The first-order valence-corrected chi connectivity index (χ1v) is 12.1. The molecule has 0 spiro atoms. The number of nitriles is 1. The predicted molar refractivity (Wildman–Crippen MR) is 122 cm³/mol. The molecular weight excluding hydrogens is 465 g/mol. The average Bonchev–Trinajstić information content (AvgIpc) is 3.53. The highest BCUT2D eigenvalue weighted by Crippen LogP contribution is 2.39. The van der Waals surface area contributed by atoms with E-state index in [9.17, 15) is 22.8 Å². The van der Waals surface area contributed by atoms with E-state index < -0.39 is 11.7 Å². The fourth-order valence-corrected chi connectivity index (χ4v) is 5.78. The molecule has 2 fully saturated rings. The molecule has 0 saturated carbocycles. The molecule has 1 N–H and O–H groups in total. The lowest BCUT2D eigenvalue weighted by Gasteiger charge is -2.37. The Labute approximate surface area is 200 Å². The van der Waals surface area contributed by atoms with Crippen LogP contribution in [0.5, 0.6) is 0 Å². The number of thiophene rings is 1. The minimum atomic E-state index is -4.59. The van der Waals surface area contributed by atoms with Crippen molar-refractivity contribution >= 4 is 28.8 Å². The number of carbonyl (C=O) groups excluding carboxylic acids is 2. The lowest BCUT2D eigenvalue weighted by molar-refractivity contribution is -0.137. The molecule has 2 saturated heterocycles. The zero-order valence-corrected chi connectivity index (χ0v) is 19.5. The van der Waals surface area contributed by atoms with Crippen LogP contribution in [0.4, 0.5) is 18.9 Å². The molecule has 1 aromatic heterocycles. The van der Waals surface area contributed by atoms with E-state index in [1.807, 2.05) is 10.3 Å². The van der Waals surface area contributed by atoms with Crippen molar-refractivity contribution in [2.24, 2.45) is 17.8 Å². The summed E-state index contributed by atoms with van der Waals surface area (Å²) >= 11 is 1.45. The summed E-state index contributed by atoms with van der Waals surface area (Å²) in [6.45, 7) is 1.95. The molecule has 0 unspecified atom stereocenters. The Morgan fingerprint density at radius 1 is 1.18 bits per heavy atom. The van der Waals surface area contributed by atoms with E-state index in [0.717, 1.165) is 6.07 Å². The van der Waals surface area contributed by atoms with E-state index in [-0.39, 0.29) is 35.1 Å². The zero-order chi connectivity index (χ0) is 24.5. The molecule has 2 atom stereocenters. The first kappa shape index (κ1) is 24.1. The molecule has 3 heterocycles. The van der Waals surface area contributed by atoms with Gasteiger partial charge in [-0.25, -0.2) is 0 Å². The summed E-state index contributed by atoms with van der Waals surface area (Å²) in [7, 11) is 1.59. The molecule has 2 aromatic rings. The summed E-state index contributed by atoms with van der Waals surface area (Å²) in [6, 6.07) is 7.21. The zero-order valence-electron chi connectivity index (χ0n) is 18.6. The molecule has 180 valence electrons. The molecule has 10 heteroatoms. The van der Waals surface area contributed by atoms with Crippen LogP contribution in [0.15, 0.2) is 35.0 Å². The number of amides is 2. The number of likely N-dealkylation sites (tertiary alicyclic amines) is 1. The highest BCUT2D eigenvalue weighted by molar-refractivity contribution is 7.08. The molecule has 2 amide bonds. The minimum Gasteiger partial charge on any atom is -0.372 e. The highest BCUT2D eigenvalue weighted by Gasteiger charge is 2.44. The van der Waals surface area contributed by atoms with Crippen molar-refractivity contribution in [2.45, 2.75) is 19.0 Å². The van der Waals surface area contributed by atoms with Crippen molar-refractivity contribution in [3.63, 3.8) is 0 Å². The van der Waals surface area contributed by atoms with Gasteiger partial charge in [-0.05, 0) is 54.3 Å². The van der Waals surface area contributed by atoms with E-state index in [1.165, 1.54) is 17.4 Å². The van der Waals surface area contributed by atoms with Crippen LogP contribution < -0.4 is 10.2 Å². The number of alkyl halides is 3. The van der Waals surface area contributed by atoms with E-state index in [0.29, 0.717) is 50.3 Å². The SMILES string of the molecule is CNC(=O)[C@@H]1CN(C(=O)c2ccsc2)C[C@H]1C1CCN(c2ccc(C#N)c(C(F)(F)F)c2)CC1. The van der Waals surface area contributed by atoms with Crippen LogP contribution >= 0.6 is 11.3 Å². The van der Waals surface area contributed by atoms with Gasteiger partial charge < -0.3 is 15.1 Å². The summed E-state index contributed by atoms with van der Waals surface area (Å²) in [5, 5.41) is 15.4. The number of carbonyl (C=O) groups is 2. The maximum absolute atomic E-state index is 13.4. The summed E-state index contributed by atoms with van der Waals surface area (Å²) in [5.41, 5.74) is -0.251. The van der Waals surface area contributed by atoms with Gasteiger partial charge in [-0.15, -0.1) is 0 Å². The first-order valence-electron chi connectivity index (χ1n) is 11.1. The number of piperidine rings is 1. The summed E-state index contributed by atoms with van der Waals surface area (Å²) < 4.78 is 40.1. The molecular formula is C24H25F3N4O2S. The smallest absolute Gasteiger partial charge is 0.372 e. The highest BCUT2D eigenvalue weighted by atomic mass is 32.1. The predicted octanol–water partition coefficient (Wildman–Crippen LogP) is 3.99. The van der Waals surface area contributed by atoms with Crippen molar-refractivity contribution in [1.29, 1.82) is 5.26 Å². The Kier molecular flexibility index (Phi) is 6.84. The van der Waals surface area contributed by atoms with Gasteiger partial charge in [-0.1, -0.05) is 0 Å². The Morgan fingerprint density at radius 2 is 1.91 bits per heavy atom. The average molecular weight is 491 g/mol. The van der Waals surface area contributed by atoms with Crippen LogP contribution in [0.3, 0.4) is 0 Å². The van der Waals surface area contributed by atoms with Gasteiger partial charge in [0.05, 0.1) is 28.7 Å². The molecule has 6 nitrogen and oxygen atoms in total. The second kappa shape index (κ2) is 9.66. The Morgan fingerprint density at radius 3 is 2.50 bits per heavy atom. The molecule has 0 bridgehead atoms. The lowest BCUT2D eigenvalue weighted by Crippen LogP contribution is -2.41. The molecule has 2 aliphatic rings. The Bertz CT molecular complexity index is 1090. The van der Waals surface area contributed by atoms with Gasteiger partial charge in [-0.2, -0.15) is 29.8 Å². The number of halogens is 3. The maximum atomic E-state index is 13.4. The van der Waals surface area contributed by atoms with Gasteiger partial charge in [-0.3, -0.25) is 9.59 Å². The number of nitrogens with zero attached hydrogens (tertiary/aromatic N) is 3. The van der Waals surface area contributed by atoms with Gasteiger partial charge in [0.15, 0.2) is 0 Å². The van der Waals surface area contributed by atoms with Crippen molar-refractivity contribution in [1.82, 2.24) is 10.2 Å². The number of anilines is 1. The molecule has 34 heavy (non-hydrogen) atoms. The third-order valence-corrected chi connectivity index (χ3v) is 7.63. The quantitative estimate of drug-likeness (QED) is 0.703. The van der Waals surface area contributed by atoms with Gasteiger partial charge in [0.1, 0.15) is 0 Å². The molecule has 2 aliphatic heterocycles. The van der Waals surface area contributed by atoms with Crippen LogP contribution in [0.1, 0.15) is 34.3 Å². The minimum absolute atomic E-state index is 0.00335. The van der Waals surface area contributed by atoms with E-state index >= 15 is 0 Å². The maximum Gasteiger partial charge on any atom is 0.417 e. The third kappa shape index (κ3) is 4.75. The monoisotopic (exact) mass is 490 g/mol. The Hall–Kier alpha value is -3.06. The number of rotatable bonds is 4. The largest absolute Gasteiger partial charge is 0.417 e. The summed E-state index contributed by atoms with van der Waals surface area (Å²) in [6.07, 6.45) is -3.18.